The first-order chi connectivity index (χ1) is 10.4. The standard InChI is InChI=1S/C18H28N2O2/c1-18(2,3)22-17(21)20-16-11-7-8-14(12-16)13-19-15-9-5-4-6-10-15/h7-8,11-12,15,19H,4-6,9-10,13H2,1-3H3,(H,20,21). The summed E-state index contributed by atoms with van der Waals surface area (Å²) in [4.78, 5) is 11.8. The van der Waals surface area contributed by atoms with E-state index in [1.54, 1.807) is 0 Å². The molecule has 0 aliphatic heterocycles. The smallest absolute Gasteiger partial charge is 0.412 e. The quantitative estimate of drug-likeness (QED) is 0.863. The minimum atomic E-state index is -0.482. The molecular formula is C18H28N2O2. The Balaban J connectivity index is 1.85. The molecule has 2 rings (SSSR count). The van der Waals surface area contributed by atoms with Gasteiger partial charge >= 0.3 is 6.09 Å². The van der Waals surface area contributed by atoms with Crippen molar-refractivity contribution in [1.29, 1.82) is 0 Å². The Hall–Kier alpha value is -1.55. The lowest BCUT2D eigenvalue weighted by Crippen LogP contribution is -2.30. The Kier molecular flexibility index (Phi) is 5.83. The van der Waals surface area contributed by atoms with Gasteiger partial charge in [0.15, 0.2) is 0 Å². The van der Waals surface area contributed by atoms with Crippen molar-refractivity contribution in [2.75, 3.05) is 5.32 Å². The number of hydrogen-bond acceptors (Lipinski definition) is 3. The highest BCUT2D eigenvalue weighted by molar-refractivity contribution is 5.84. The molecule has 0 bridgehead atoms. The van der Waals surface area contributed by atoms with E-state index in [-0.39, 0.29) is 0 Å². The maximum absolute atomic E-state index is 11.8. The molecule has 0 saturated heterocycles. The molecule has 0 unspecified atom stereocenters. The summed E-state index contributed by atoms with van der Waals surface area (Å²) < 4.78 is 5.27. The van der Waals surface area contributed by atoms with Gasteiger partial charge in [-0.05, 0) is 51.3 Å². The molecule has 122 valence electrons. The lowest BCUT2D eigenvalue weighted by atomic mass is 9.95. The minimum absolute atomic E-state index is 0.412. The van der Waals surface area contributed by atoms with E-state index in [1.807, 2.05) is 39.0 Å². The van der Waals surface area contributed by atoms with Gasteiger partial charge in [-0.25, -0.2) is 4.79 Å². The summed E-state index contributed by atoms with van der Waals surface area (Å²) in [5.74, 6) is 0. The molecular weight excluding hydrogens is 276 g/mol. The maximum Gasteiger partial charge on any atom is 0.412 e. The molecule has 0 radical (unpaired) electrons. The predicted molar refractivity (Wildman–Crippen MR) is 90.0 cm³/mol. The number of rotatable bonds is 4. The number of ether oxygens (including phenoxy) is 1. The van der Waals surface area contributed by atoms with Crippen LogP contribution in [0.5, 0.6) is 0 Å². The number of nitrogens with one attached hydrogen (secondary N) is 2. The molecule has 1 saturated carbocycles. The fourth-order valence-electron chi connectivity index (χ4n) is 2.75. The van der Waals surface area contributed by atoms with Crippen LogP contribution >= 0.6 is 0 Å². The zero-order valence-electron chi connectivity index (χ0n) is 13.9. The summed E-state index contributed by atoms with van der Waals surface area (Å²) in [6.07, 6.45) is 6.17. The van der Waals surface area contributed by atoms with Gasteiger partial charge in [0.05, 0.1) is 0 Å². The molecule has 4 nitrogen and oxygen atoms in total. The van der Waals surface area contributed by atoms with Crippen LogP contribution in [0.15, 0.2) is 24.3 Å². The van der Waals surface area contributed by atoms with Crippen molar-refractivity contribution in [3.8, 4) is 0 Å². The second-order valence-corrected chi connectivity index (χ2v) is 7.04. The van der Waals surface area contributed by atoms with Gasteiger partial charge in [0, 0.05) is 18.3 Å². The van der Waals surface area contributed by atoms with Crippen molar-refractivity contribution in [3.05, 3.63) is 29.8 Å². The summed E-state index contributed by atoms with van der Waals surface area (Å²) in [6.45, 7) is 6.42. The third kappa shape index (κ3) is 6.06. The summed E-state index contributed by atoms with van der Waals surface area (Å²) in [6, 6.07) is 8.56. The second kappa shape index (κ2) is 7.63. The van der Waals surface area contributed by atoms with Gasteiger partial charge in [-0.1, -0.05) is 31.4 Å². The average molecular weight is 304 g/mol. The molecule has 1 fully saturated rings. The van der Waals surface area contributed by atoms with Crippen molar-refractivity contribution < 1.29 is 9.53 Å². The molecule has 2 N–H and O–H groups in total. The zero-order chi connectivity index (χ0) is 16.0. The van der Waals surface area contributed by atoms with Crippen LogP contribution in [-0.2, 0) is 11.3 Å². The van der Waals surface area contributed by atoms with E-state index < -0.39 is 11.7 Å². The summed E-state index contributed by atoms with van der Waals surface area (Å²) in [5.41, 5.74) is 1.47. The van der Waals surface area contributed by atoms with E-state index in [1.165, 1.54) is 37.7 Å². The Morgan fingerprint density at radius 2 is 1.95 bits per heavy atom. The van der Waals surface area contributed by atoms with E-state index >= 15 is 0 Å². The highest BCUT2D eigenvalue weighted by atomic mass is 16.6. The van der Waals surface area contributed by atoms with Gasteiger partial charge in [0.2, 0.25) is 0 Å². The van der Waals surface area contributed by atoms with Gasteiger partial charge in [-0.2, -0.15) is 0 Å². The van der Waals surface area contributed by atoms with Crippen LogP contribution in [0.2, 0.25) is 0 Å². The van der Waals surface area contributed by atoms with Crippen molar-refractivity contribution in [2.45, 2.75) is 71.1 Å². The number of amides is 1. The Morgan fingerprint density at radius 1 is 1.23 bits per heavy atom. The van der Waals surface area contributed by atoms with Crippen LogP contribution in [-0.4, -0.2) is 17.7 Å². The van der Waals surface area contributed by atoms with Crippen LogP contribution in [0.3, 0.4) is 0 Å². The lowest BCUT2D eigenvalue weighted by Gasteiger charge is -2.23. The number of benzene rings is 1. The van der Waals surface area contributed by atoms with E-state index in [0.29, 0.717) is 6.04 Å². The third-order valence-corrected chi connectivity index (χ3v) is 3.77. The molecule has 0 heterocycles. The van der Waals surface area contributed by atoms with Gasteiger partial charge in [-0.15, -0.1) is 0 Å². The first kappa shape index (κ1) is 16.8. The van der Waals surface area contributed by atoms with Crippen molar-refractivity contribution in [1.82, 2.24) is 5.32 Å². The Labute approximate surface area is 133 Å². The summed E-state index contributed by atoms with van der Waals surface area (Å²) >= 11 is 0. The van der Waals surface area contributed by atoms with Crippen LogP contribution in [0.25, 0.3) is 0 Å². The van der Waals surface area contributed by atoms with Gasteiger partial charge < -0.3 is 10.1 Å². The van der Waals surface area contributed by atoms with Crippen LogP contribution < -0.4 is 10.6 Å². The maximum atomic E-state index is 11.8. The highest BCUT2D eigenvalue weighted by Gasteiger charge is 2.16. The molecule has 1 aliphatic carbocycles. The van der Waals surface area contributed by atoms with Gasteiger partial charge in [-0.3, -0.25) is 5.32 Å². The average Bonchev–Trinajstić information content (AvgIpc) is 2.44. The fraction of sp³-hybridized carbons (Fsp3) is 0.611. The summed E-state index contributed by atoms with van der Waals surface area (Å²) in [7, 11) is 0. The lowest BCUT2D eigenvalue weighted by molar-refractivity contribution is 0.0636. The number of carbonyl (C=O) groups is 1. The van der Waals surface area contributed by atoms with Crippen molar-refractivity contribution in [3.63, 3.8) is 0 Å². The molecule has 1 aromatic carbocycles. The largest absolute Gasteiger partial charge is 0.444 e. The fourth-order valence-corrected chi connectivity index (χ4v) is 2.75. The number of hydrogen-bond donors (Lipinski definition) is 2. The van der Waals surface area contributed by atoms with E-state index in [9.17, 15) is 4.79 Å². The van der Waals surface area contributed by atoms with E-state index in [2.05, 4.69) is 16.7 Å². The first-order valence-electron chi connectivity index (χ1n) is 8.25. The summed E-state index contributed by atoms with van der Waals surface area (Å²) in [5, 5.41) is 6.40. The van der Waals surface area contributed by atoms with Gasteiger partial charge in [0.1, 0.15) is 5.60 Å². The van der Waals surface area contributed by atoms with E-state index in [0.717, 1.165) is 12.2 Å². The minimum Gasteiger partial charge on any atom is -0.444 e. The van der Waals surface area contributed by atoms with Gasteiger partial charge in [0.25, 0.3) is 0 Å². The van der Waals surface area contributed by atoms with Crippen LogP contribution in [0, 0.1) is 0 Å². The molecule has 0 aromatic heterocycles. The third-order valence-electron chi connectivity index (χ3n) is 3.77. The number of carbonyl (C=O) groups excluding carboxylic acids is 1. The molecule has 1 aliphatic rings. The SMILES string of the molecule is CC(C)(C)OC(=O)Nc1cccc(CNC2CCCCC2)c1. The monoisotopic (exact) mass is 304 g/mol. The Bertz CT molecular complexity index is 488. The predicted octanol–water partition coefficient (Wildman–Crippen LogP) is 4.46. The molecule has 0 atom stereocenters. The zero-order valence-corrected chi connectivity index (χ0v) is 13.9. The van der Waals surface area contributed by atoms with E-state index in [4.69, 9.17) is 4.74 Å². The van der Waals surface area contributed by atoms with Crippen molar-refractivity contribution >= 4 is 11.8 Å². The second-order valence-electron chi connectivity index (χ2n) is 7.04. The van der Waals surface area contributed by atoms with Crippen molar-refractivity contribution in [2.24, 2.45) is 0 Å². The topological polar surface area (TPSA) is 50.4 Å². The number of anilines is 1. The molecule has 0 spiro atoms. The van der Waals surface area contributed by atoms with Crippen LogP contribution in [0.1, 0.15) is 58.4 Å². The Morgan fingerprint density at radius 3 is 2.64 bits per heavy atom. The first-order valence-corrected chi connectivity index (χ1v) is 8.25. The molecule has 1 aromatic rings. The molecule has 1 amide bonds. The molecule has 22 heavy (non-hydrogen) atoms. The normalized spacial score (nSPS) is 16.3. The molecule has 4 heteroatoms. The highest BCUT2D eigenvalue weighted by Crippen LogP contribution is 2.18. The van der Waals surface area contributed by atoms with Crippen LogP contribution in [0.4, 0.5) is 10.5 Å².